The van der Waals surface area contributed by atoms with Crippen molar-refractivity contribution in [2.45, 2.75) is 39.7 Å². The van der Waals surface area contributed by atoms with E-state index < -0.39 is 0 Å². The molecular formula is C21H30N6OS. The van der Waals surface area contributed by atoms with E-state index in [1.165, 1.54) is 19.3 Å². The average molecular weight is 415 g/mol. The molecule has 2 unspecified atom stereocenters. The first kappa shape index (κ1) is 19.9. The summed E-state index contributed by atoms with van der Waals surface area (Å²) in [4.78, 5) is 14.3. The smallest absolute Gasteiger partial charge is 0.232 e. The van der Waals surface area contributed by atoms with Crippen molar-refractivity contribution in [2.24, 2.45) is 11.8 Å². The number of piperidine rings is 1. The van der Waals surface area contributed by atoms with Crippen LogP contribution >= 0.6 is 12.2 Å². The lowest BCUT2D eigenvalue weighted by molar-refractivity contribution is 0.355. The molecule has 2 aliphatic rings. The molecule has 2 saturated heterocycles. The van der Waals surface area contributed by atoms with Crippen LogP contribution in [-0.2, 0) is 6.54 Å². The van der Waals surface area contributed by atoms with Crippen molar-refractivity contribution in [3.05, 3.63) is 30.2 Å². The van der Waals surface area contributed by atoms with Gasteiger partial charge in [0.1, 0.15) is 17.4 Å². The molecule has 2 aromatic heterocycles. The standard InChI is InChI=1S/C21H30N6OS/c1-15-10-16(2)14-27(13-15)19-11-18(26-7-3-4-8-26)23-20(24-19)25-21(29)22-12-17-6-5-9-28-17/h5-6,9,11,15-16H,3-4,7-8,10,12-14H2,1-2H3,(H2,22,23,24,25,29). The van der Waals surface area contributed by atoms with E-state index in [9.17, 15) is 0 Å². The first-order valence-corrected chi connectivity index (χ1v) is 10.9. The molecule has 29 heavy (non-hydrogen) atoms. The molecule has 0 aromatic carbocycles. The molecule has 2 N–H and O–H groups in total. The Bertz CT molecular complexity index is 811. The fourth-order valence-electron chi connectivity index (χ4n) is 4.32. The lowest BCUT2D eigenvalue weighted by atomic mass is 9.92. The Morgan fingerprint density at radius 1 is 1.14 bits per heavy atom. The molecule has 4 rings (SSSR count). The molecule has 0 bridgehead atoms. The van der Waals surface area contributed by atoms with Gasteiger partial charge < -0.3 is 24.9 Å². The quantitative estimate of drug-likeness (QED) is 0.719. The van der Waals surface area contributed by atoms with E-state index >= 15 is 0 Å². The number of furan rings is 1. The van der Waals surface area contributed by atoms with Gasteiger partial charge in [-0.3, -0.25) is 0 Å². The third-order valence-corrected chi connectivity index (χ3v) is 5.80. The number of rotatable bonds is 5. The van der Waals surface area contributed by atoms with Crippen LogP contribution < -0.4 is 20.4 Å². The summed E-state index contributed by atoms with van der Waals surface area (Å²) in [6.07, 6.45) is 5.35. The predicted molar refractivity (Wildman–Crippen MR) is 120 cm³/mol. The summed E-state index contributed by atoms with van der Waals surface area (Å²) in [5.41, 5.74) is 0. The monoisotopic (exact) mass is 414 g/mol. The van der Waals surface area contributed by atoms with Crippen molar-refractivity contribution in [1.29, 1.82) is 0 Å². The van der Waals surface area contributed by atoms with Gasteiger partial charge >= 0.3 is 0 Å². The minimum absolute atomic E-state index is 0.492. The molecule has 4 heterocycles. The zero-order valence-electron chi connectivity index (χ0n) is 17.2. The van der Waals surface area contributed by atoms with Crippen molar-refractivity contribution >= 4 is 34.9 Å². The molecule has 0 amide bonds. The third kappa shape index (κ3) is 5.18. The lowest BCUT2D eigenvalue weighted by Gasteiger charge is -2.36. The molecule has 156 valence electrons. The highest BCUT2D eigenvalue weighted by Gasteiger charge is 2.25. The predicted octanol–water partition coefficient (Wildman–Crippen LogP) is 3.64. The maximum absolute atomic E-state index is 5.45. The summed E-state index contributed by atoms with van der Waals surface area (Å²) in [5, 5.41) is 6.82. The summed E-state index contributed by atoms with van der Waals surface area (Å²) in [5.74, 6) is 4.67. The van der Waals surface area contributed by atoms with Gasteiger partial charge in [-0.05, 0) is 55.4 Å². The summed E-state index contributed by atoms with van der Waals surface area (Å²) in [6, 6.07) is 5.92. The van der Waals surface area contributed by atoms with Crippen molar-refractivity contribution < 1.29 is 4.42 Å². The number of thiocarbonyl (C=S) groups is 1. The van der Waals surface area contributed by atoms with Gasteiger partial charge in [0.2, 0.25) is 5.95 Å². The zero-order chi connectivity index (χ0) is 20.2. The molecule has 0 saturated carbocycles. The Hall–Kier alpha value is -2.35. The van der Waals surface area contributed by atoms with Crippen molar-refractivity contribution in [3.8, 4) is 0 Å². The van der Waals surface area contributed by atoms with Crippen molar-refractivity contribution in [1.82, 2.24) is 15.3 Å². The normalized spacial score (nSPS) is 22.0. The van der Waals surface area contributed by atoms with Crippen LogP contribution in [0, 0.1) is 11.8 Å². The second kappa shape index (κ2) is 8.98. The van der Waals surface area contributed by atoms with Crippen LogP contribution in [0.15, 0.2) is 28.9 Å². The highest BCUT2D eigenvalue weighted by atomic mass is 32.1. The van der Waals surface area contributed by atoms with Gasteiger partial charge in [0, 0.05) is 32.2 Å². The molecule has 2 fully saturated rings. The number of nitrogens with one attached hydrogen (secondary N) is 2. The van der Waals surface area contributed by atoms with Gasteiger partial charge in [-0.15, -0.1) is 0 Å². The number of aromatic nitrogens is 2. The Morgan fingerprint density at radius 2 is 1.83 bits per heavy atom. The van der Waals surface area contributed by atoms with E-state index in [2.05, 4.69) is 40.3 Å². The molecule has 0 radical (unpaired) electrons. The maximum Gasteiger partial charge on any atom is 0.232 e. The first-order chi connectivity index (χ1) is 14.1. The molecule has 2 aromatic rings. The summed E-state index contributed by atoms with van der Waals surface area (Å²) in [7, 11) is 0. The van der Waals surface area contributed by atoms with Gasteiger partial charge in [-0.1, -0.05) is 13.8 Å². The molecular weight excluding hydrogens is 384 g/mol. The number of hydrogen-bond acceptors (Lipinski definition) is 6. The Kier molecular flexibility index (Phi) is 6.18. The van der Waals surface area contributed by atoms with E-state index in [0.717, 1.165) is 43.6 Å². The van der Waals surface area contributed by atoms with Crippen molar-refractivity contribution in [2.75, 3.05) is 41.3 Å². The van der Waals surface area contributed by atoms with Gasteiger partial charge in [-0.2, -0.15) is 9.97 Å². The molecule has 2 aliphatic heterocycles. The van der Waals surface area contributed by atoms with Gasteiger partial charge in [0.15, 0.2) is 5.11 Å². The van der Waals surface area contributed by atoms with Gasteiger partial charge in [-0.25, -0.2) is 0 Å². The zero-order valence-corrected chi connectivity index (χ0v) is 18.0. The number of anilines is 3. The van der Waals surface area contributed by atoms with E-state index in [4.69, 9.17) is 26.6 Å². The maximum atomic E-state index is 5.45. The molecule has 2 atom stereocenters. The van der Waals surface area contributed by atoms with Crippen molar-refractivity contribution in [3.63, 3.8) is 0 Å². The van der Waals surface area contributed by atoms with Crippen LogP contribution in [0.3, 0.4) is 0 Å². The Morgan fingerprint density at radius 3 is 2.48 bits per heavy atom. The van der Waals surface area contributed by atoms with Crippen LogP contribution in [0.1, 0.15) is 38.9 Å². The largest absolute Gasteiger partial charge is 0.467 e. The summed E-state index contributed by atoms with van der Waals surface area (Å²) >= 11 is 5.45. The number of nitrogens with zero attached hydrogens (tertiary/aromatic N) is 4. The second-order valence-corrected chi connectivity index (χ2v) is 8.75. The second-order valence-electron chi connectivity index (χ2n) is 8.34. The molecule has 8 heteroatoms. The first-order valence-electron chi connectivity index (χ1n) is 10.5. The van der Waals surface area contributed by atoms with Crippen LogP contribution in [0.4, 0.5) is 17.6 Å². The van der Waals surface area contributed by atoms with Crippen LogP contribution in [-0.4, -0.2) is 41.3 Å². The van der Waals surface area contributed by atoms with Crippen LogP contribution in [0.2, 0.25) is 0 Å². The van der Waals surface area contributed by atoms with E-state index in [1.54, 1.807) is 6.26 Å². The fourth-order valence-corrected chi connectivity index (χ4v) is 4.49. The highest BCUT2D eigenvalue weighted by molar-refractivity contribution is 7.80. The lowest BCUT2D eigenvalue weighted by Crippen LogP contribution is -2.39. The molecule has 0 aliphatic carbocycles. The third-order valence-electron chi connectivity index (χ3n) is 5.55. The van der Waals surface area contributed by atoms with E-state index in [1.807, 2.05) is 12.1 Å². The highest BCUT2D eigenvalue weighted by Crippen LogP contribution is 2.29. The number of hydrogen-bond donors (Lipinski definition) is 2. The summed E-state index contributed by atoms with van der Waals surface area (Å²) in [6.45, 7) is 9.31. The average Bonchev–Trinajstić information content (AvgIpc) is 3.39. The van der Waals surface area contributed by atoms with Gasteiger partial charge in [0.25, 0.3) is 0 Å². The van der Waals surface area contributed by atoms with Gasteiger partial charge in [0.05, 0.1) is 12.8 Å². The topological polar surface area (TPSA) is 69.5 Å². The van der Waals surface area contributed by atoms with E-state index in [0.29, 0.717) is 29.4 Å². The van der Waals surface area contributed by atoms with Crippen LogP contribution in [0.25, 0.3) is 0 Å². The minimum atomic E-state index is 0.492. The fraction of sp³-hybridized carbons (Fsp3) is 0.571. The molecule has 0 spiro atoms. The Balaban J connectivity index is 1.51. The SMILES string of the molecule is CC1CC(C)CN(c2cc(N3CCCC3)nc(NC(=S)NCc3ccco3)n2)C1. The summed E-state index contributed by atoms with van der Waals surface area (Å²) < 4.78 is 5.34. The van der Waals surface area contributed by atoms with Crippen LogP contribution in [0.5, 0.6) is 0 Å². The minimum Gasteiger partial charge on any atom is -0.467 e. The van der Waals surface area contributed by atoms with E-state index in [-0.39, 0.29) is 0 Å². The molecule has 7 nitrogen and oxygen atoms in total. The Labute approximate surface area is 177 Å².